The molecule has 1 N–H and O–H groups in total. The van der Waals surface area contributed by atoms with E-state index in [1.165, 1.54) is 11.3 Å². The number of thiazole rings is 1. The molecule has 6 heteroatoms. The van der Waals surface area contributed by atoms with Crippen LogP contribution in [0.4, 0.5) is 10.9 Å². The van der Waals surface area contributed by atoms with E-state index in [1.54, 1.807) is 12.3 Å². The van der Waals surface area contributed by atoms with Crippen LogP contribution in [0, 0.1) is 6.92 Å². The maximum atomic E-state index is 12.2. The summed E-state index contributed by atoms with van der Waals surface area (Å²) in [5, 5.41) is 6.53. The number of fused-ring (bicyclic) bond motifs is 1. The van der Waals surface area contributed by atoms with Crippen molar-refractivity contribution in [1.29, 1.82) is 0 Å². The number of hydrogen-bond acceptors (Lipinski definition) is 6. The summed E-state index contributed by atoms with van der Waals surface area (Å²) in [6, 6.07) is 13.1. The Kier molecular flexibility index (Phi) is 3.59. The third-order valence-electron chi connectivity index (χ3n) is 3.57. The van der Waals surface area contributed by atoms with E-state index in [0.717, 1.165) is 16.8 Å². The minimum absolute atomic E-state index is 0.390. The Morgan fingerprint density at radius 1 is 1.17 bits per heavy atom. The zero-order chi connectivity index (χ0) is 16.5. The molecule has 0 fully saturated rings. The van der Waals surface area contributed by atoms with Crippen LogP contribution in [-0.4, -0.2) is 9.97 Å². The van der Waals surface area contributed by atoms with Crippen LogP contribution in [0.25, 0.3) is 22.2 Å². The largest absolute Gasteiger partial charge is 0.422 e. The van der Waals surface area contributed by atoms with Gasteiger partial charge in [0.1, 0.15) is 11.4 Å². The zero-order valence-electron chi connectivity index (χ0n) is 12.8. The Morgan fingerprint density at radius 3 is 2.92 bits per heavy atom. The Hall–Kier alpha value is -2.99. The third kappa shape index (κ3) is 2.79. The number of nitrogens with one attached hydrogen (secondary N) is 1. The molecule has 0 bridgehead atoms. The Labute approximate surface area is 141 Å². The first-order valence-electron chi connectivity index (χ1n) is 7.37. The van der Waals surface area contributed by atoms with Gasteiger partial charge in [0, 0.05) is 17.0 Å². The van der Waals surface area contributed by atoms with Gasteiger partial charge in [-0.2, -0.15) is 0 Å². The van der Waals surface area contributed by atoms with Crippen LogP contribution in [0.15, 0.2) is 63.3 Å². The molecule has 0 aliphatic rings. The van der Waals surface area contributed by atoms with Gasteiger partial charge in [0.2, 0.25) is 0 Å². The van der Waals surface area contributed by atoms with Gasteiger partial charge in [0.05, 0.1) is 11.3 Å². The fourth-order valence-corrected chi connectivity index (χ4v) is 3.13. The van der Waals surface area contributed by atoms with E-state index >= 15 is 0 Å². The Balaban J connectivity index is 1.70. The number of pyridine rings is 1. The quantitative estimate of drug-likeness (QED) is 0.563. The summed E-state index contributed by atoms with van der Waals surface area (Å²) in [5.41, 5.74) is 2.34. The lowest BCUT2D eigenvalue weighted by molar-refractivity contribution is 0.563. The number of anilines is 2. The van der Waals surface area contributed by atoms with Crippen molar-refractivity contribution in [2.75, 3.05) is 5.32 Å². The van der Waals surface area contributed by atoms with Crippen molar-refractivity contribution in [3.8, 4) is 11.3 Å². The maximum Gasteiger partial charge on any atom is 0.345 e. The fraction of sp³-hybridized carbons (Fsp3) is 0.0556. The minimum atomic E-state index is -0.390. The van der Waals surface area contributed by atoms with Crippen molar-refractivity contribution in [3.05, 3.63) is 70.0 Å². The van der Waals surface area contributed by atoms with Gasteiger partial charge in [0.25, 0.3) is 0 Å². The van der Waals surface area contributed by atoms with Crippen molar-refractivity contribution in [3.63, 3.8) is 0 Å². The second kappa shape index (κ2) is 5.90. The molecule has 0 aliphatic carbocycles. The van der Waals surface area contributed by atoms with Crippen LogP contribution in [0.2, 0.25) is 0 Å². The van der Waals surface area contributed by atoms with Gasteiger partial charge in [-0.15, -0.1) is 11.3 Å². The molecular formula is C18H13N3O2S. The Morgan fingerprint density at radius 2 is 2.04 bits per heavy atom. The van der Waals surface area contributed by atoms with Crippen molar-refractivity contribution < 1.29 is 4.42 Å². The fourth-order valence-electron chi connectivity index (χ4n) is 2.41. The van der Waals surface area contributed by atoms with Crippen molar-refractivity contribution in [2.45, 2.75) is 6.92 Å². The van der Waals surface area contributed by atoms with E-state index in [1.807, 2.05) is 48.7 Å². The van der Waals surface area contributed by atoms with Crippen LogP contribution in [0.1, 0.15) is 5.56 Å². The smallest absolute Gasteiger partial charge is 0.345 e. The predicted octanol–water partition coefficient (Wildman–Crippen LogP) is 4.36. The molecule has 0 atom stereocenters. The summed E-state index contributed by atoms with van der Waals surface area (Å²) in [6.45, 7) is 2.00. The molecule has 3 heterocycles. The summed E-state index contributed by atoms with van der Waals surface area (Å²) >= 11 is 1.42. The summed E-state index contributed by atoms with van der Waals surface area (Å²) in [5.74, 6) is 0.724. The molecule has 4 rings (SSSR count). The molecule has 3 aromatic heterocycles. The summed E-state index contributed by atoms with van der Waals surface area (Å²) < 4.78 is 5.37. The summed E-state index contributed by atoms with van der Waals surface area (Å²) in [6.07, 6.45) is 1.74. The molecule has 0 spiro atoms. The lowest BCUT2D eigenvalue weighted by Crippen LogP contribution is -2.03. The van der Waals surface area contributed by atoms with E-state index in [-0.39, 0.29) is 5.63 Å². The van der Waals surface area contributed by atoms with E-state index in [4.69, 9.17) is 4.42 Å². The SMILES string of the molecule is Cc1ccnc(Nc2nc(-c3cc4ccccc4oc3=O)cs2)c1. The van der Waals surface area contributed by atoms with Gasteiger partial charge in [-0.05, 0) is 36.8 Å². The van der Waals surface area contributed by atoms with Crippen LogP contribution in [0.5, 0.6) is 0 Å². The predicted molar refractivity (Wildman–Crippen MR) is 95.8 cm³/mol. The van der Waals surface area contributed by atoms with Crippen molar-refractivity contribution in [1.82, 2.24) is 9.97 Å². The number of hydrogen-bond donors (Lipinski definition) is 1. The van der Waals surface area contributed by atoms with E-state index in [0.29, 0.717) is 22.0 Å². The number of para-hydroxylation sites is 1. The highest BCUT2D eigenvalue weighted by molar-refractivity contribution is 7.14. The second-order valence-corrected chi connectivity index (χ2v) is 6.22. The first-order valence-corrected chi connectivity index (χ1v) is 8.25. The average molecular weight is 335 g/mol. The highest BCUT2D eigenvalue weighted by Crippen LogP contribution is 2.26. The van der Waals surface area contributed by atoms with Gasteiger partial charge in [0.15, 0.2) is 5.13 Å². The highest BCUT2D eigenvalue weighted by Gasteiger charge is 2.12. The van der Waals surface area contributed by atoms with Crippen molar-refractivity contribution in [2.24, 2.45) is 0 Å². The molecule has 0 amide bonds. The van der Waals surface area contributed by atoms with Gasteiger partial charge in [-0.1, -0.05) is 18.2 Å². The third-order valence-corrected chi connectivity index (χ3v) is 4.33. The molecule has 0 saturated heterocycles. The zero-order valence-corrected chi connectivity index (χ0v) is 13.6. The van der Waals surface area contributed by atoms with E-state index in [2.05, 4.69) is 15.3 Å². The summed E-state index contributed by atoms with van der Waals surface area (Å²) in [4.78, 5) is 20.9. The molecular weight excluding hydrogens is 322 g/mol. The lowest BCUT2D eigenvalue weighted by Gasteiger charge is -2.02. The van der Waals surface area contributed by atoms with Gasteiger partial charge in [-0.25, -0.2) is 14.8 Å². The molecule has 0 saturated carbocycles. The molecule has 1 aromatic carbocycles. The van der Waals surface area contributed by atoms with Crippen LogP contribution < -0.4 is 10.9 Å². The van der Waals surface area contributed by atoms with Crippen LogP contribution in [-0.2, 0) is 0 Å². The number of benzene rings is 1. The number of rotatable bonds is 3. The van der Waals surface area contributed by atoms with Crippen molar-refractivity contribution >= 4 is 33.3 Å². The molecule has 118 valence electrons. The van der Waals surface area contributed by atoms with Gasteiger partial charge in [-0.3, -0.25) is 0 Å². The second-order valence-electron chi connectivity index (χ2n) is 5.37. The molecule has 0 aliphatic heterocycles. The molecule has 0 unspecified atom stereocenters. The molecule has 0 radical (unpaired) electrons. The average Bonchev–Trinajstić information content (AvgIpc) is 3.02. The molecule has 24 heavy (non-hydrogen) atoms. The number of aryl methyl sites for hydroxylation is 1. The number of aromatic nitrogens is 2. The highest BCUT2D eigenvalue weighted by atomic mass is 32.1. The normalized spacial score (nSPS) is 10.9. The monoisotopic (exact) mass is 335 g/mol. The first kappa shape index (κ1) is 14.6. The topological polar surface area (TPSA) is 68.0 Å². The number of nitrogens with zero attached hydrogens (tertiary/aromatic N) is 2. The molecule has 4 aromatic rings. The van der Waals surface area contributed by atoms with Crippen LogP contribution in [0.3, 0.4) is 0 Å². The van der Waals surface area contributed by atoms with Gasteiger partial charge >= 0.3 is 5.63 Å². The van der Waals surface area contributed by atoms with E-state index < -0.39 is 0 Å². The Bertz CT molecular complexity index is 1080. The van der Waals surface area contributed by atoms with E-state index in [9.17, 15) is 4.79 Å². The standard InChI is InChI=1S/C18H13N3O2S/c1-11-6-7-19-16(8-11)21-18-20-14(10-24-18)13-9-12-4-2-3-5-15(12)23-17(13)22/h2-10H,1H3,(H,19,20,21). The maximum absolute atomic E-state index is 12.2. The first-order chi connectivity index (χ1) is 11.7. The van der Waals surface area contributed by atoms with Gasteiger partial charge < -0.3 is 9.73 Å². The molecule has 5 nitrogen and oxygen atoms in total. The van der Waals surface area contributed by atoms with Crippen LogP contribution >= 0.6 is 11.3 Å². The minimum Gasteiger partial charge on any atom is -0.422 e. The summed E-state index contributed by atoms with van der Waals surface area (Å²) in [7, 11) is 0. The lowest BCUT2D eigenvalue weighted by atomic mass is 10.1.